The molecule has 2 aliphatic heterocycles. The fourth-order valence-corrected chi connectivity index (χ4v) is 6.33. The zero-order valence-corrected chi connectivity index (χ0v) is 16.8. The summed E-state index contributed by atoms with van der Waals surface area (Å²) in [7, 11) is 0. The van der Waals surface area contributed by atoms with E-state index in [1.807, 2.05) is 17.5 Å². The van der Waals surface area contributed by atoms with Crippen LogP contribution in [0.15, 0.2) is 28.8 Å². The van der Waals surface area contributed by atoms with Crippen molar-refractivity contribution in [3.63, 3.8) is 0 Å². The van der Waals surface area contributed by atoms with Gasteiger partial charge < -0.3 is 9.84 Å². The van der Waals surface area contributed by atoms with Crippen LogP contribution in [0.1, 0.15) is 31.1 Å². The molecular formula is C19H19NO6S2. The molecular weight excluding hydrogens is 402 g/mol. The molecule has 2 fully saturated rings. The zero-order valence-electron chi connectivity index (χ0n) is 15.2. The molecule has 1 saturated heterocycles. The van der Waals surface area contributed by atoms with Crippen molar-refractivity contribution in [3.8, 4) is 0 Å². The molecule has 7 nitrogen and oxygen atoms in total. The van der Waals surface area contributed by atoms with Crippen molar-refractivity contribution in [2.75, 3.05) is 6.61 Å². The maximum absolute atomic E-state index is 12.7. The van der Waals surface area contributed by atoms with Gasteiger partial charge in [0.15, 0.2) is 0 Å². The molecule has 9 heteroatoms. The Hall–Kier alpha value is -2.13. The number of thioether (sulfide) groups is 1. The van der Waals surface area contributed by atoms with Crippen molar-refractivity contribution in [1.29, 1.82) is 0 Å². The van der Waals surface area contributed by atoms with E-state index in [-0.39, 0.29) is 35.8 Å². The van der Waals surface area contributed by atoms with Crippen molar-refractivity contribution in [2.24, 2.45) is 5.92 Å². The highest BCUT2D eigenvalue weighted by molar-refractivity contribution is 8.01. The molecule has 1 aromatic heterocycles. The number of fused-ring (bicyclic) bond motifs is 1. The van der Waals surface area contributed by atoms with Gasteiger partial charge in [-0.2, -0.15) is 0 Å². The molecule has 0 radical (unpaired) electrons. The highest BCUT2D eigenvalue weighted by Gasteiger charge is 2.63. The first kappa shape index (κ1) is 19.2. The van der Waals surface area contributed by atoms with Gasteiger partial charge in [-0.3, -0.25) is 19.3 Å². The number of thiophene rings is 1. The Morgan fingerprint density at radius 1 is 1.36 bits per heavy atom. The number of hydrogen-bond acceptors (Lipinski definition) is 7. The Morgan fingerprint density at radius 3 is 2.68 bits per heavy atom. The van der Waals surface area contributed by atoms with Crippen LogP contribution < -0.4 is 0 Å². The molecule has 1 aliphatic carbocycles. The number of β-lactam (4-membered cyclic amide) rings is 1. The molecule has 3 heterocycles. The Balaban J connectivity index is 1.54. The van der Waals surface area contributed by atoms with Gasteiger partial charge in [0.1, 0.15) is 18.1 Å². The number of ether oxygens (including phenoxy) is 1. The second-order valence-electron chi connectivity index (χ2n) is 7.23. The fraction of sp³-hybridized carbons (Fsp3) is 0.474. The topological polar surface area (TPSA) is 101 Å². The number of aliphatic carboxylic acids is 1. The van der Waals surface area contributed by atoms with Crippen LogP contribution in [0.25, 0.3) is 0 Å². The third-order valence-electron chi connectivity index (χ3n) is 5.30. The average Bonchev–Trinajstić information content (AvgIpc) is 3.21. The van der Waals surface area contributed by atoms with Gasteiger partial charge in [-0.1, -0.05) is 6.07 Å². The first-order valence-corrected chi connectivity index (χ1v) is 10.7. The van der Waals surface area contributed by atoms with Gasteiger partial charge in [0.2, 0.25) is 5.91 Å². The van der Waals surface area contributed by atoms with E-state index in [0.29, 0.717) is 12.0 Å². The molecule has 0 aromatic carbocycles. The highest BCUT2D eigenvalue weighted by Crippen LogP contribution is 2.63. The van der Waals surface area contributed by atoms with E-state index in [2.05, 4.69) is 0 Å². The summed E-state index contributed by atoms with van der Waals surface area (Å²) in [5, 5.41) is 11.3. The summed E-state index contributed by atoms with van der Waals surface area (Å²) >= 11 is 3.04. The number of carbonyl (C=O) groups excluding carboxylic acids is 3. The summed E-state index contributed by atoms with van der Waals surface area (Å²) in [4.78, 5) is 50.5. The summed E-state index contributed by atoms with van der Waals surface area (Å²) in [5.41, 5.74) is 0.419. The van der Waals surface area contributed by atoms with Crippen molar-refractivity contribution in [3.05, 3.63) is 33.7 Å². The van der Waals surface area contributed by atoms with Crippen LogP contribution in [0, 0.1) is 5.92 Å². The van der Waals surface area contributed by atoms with Gasteiger partial charge in [-0.05, 0) is 24.3 Å². The summed E-state index contributed by atoms with van der Waals surface area (Å²) in [6.45, 7) is 1.14. The Kier molecular flexibility index (Phi) is 4.83. The fourth-order valence-electron chi connectivity index (χ4n) is 3.81. The van der Waals surface area contributed by atoms with Crippen LogP contribution >= 0.6 is 23.1 Å². The van der Waals surface area contributed by atoms with Gasteiger partial charge in [-0.15, -0.1) is 23.1 Å². The van der Waals surface area contributed by atoms with E-state index >= 15 is 0 Å². The lowest BCUT2D eigenvalue weighted by molar-refractivity contribution is -0.154. The quantitative estimate of drug-likeness (QED) is 0.532. The lowest BCUT2D eigenvalue weighted by Crippen LogP contribution is -2.63. The molecule has 1 saturated carbocycles. The van der Waals surface area contributed by atoms with Gasteiger partial charge in [0, 0.05) is 35.0 Å². The lowest BCUT2D eigenvalue weighted by atomic mass is 9.89. The van der Waals surface area contributed by atoms with Gasteiger partial charge in [-0.25, -0.2) is 4.79 Å². The van der Waals surface area contributed by atoms with E-state index in [0.717, 1.165) is 17.7 Å². The van der Waals surface area contributed by atoms with Crippen LogP contribution in [0.2, 0.25) is 0 Å². The molecule has 0 unspecified atom stereocenters. The van der Waals surface area contributed by atoms with Crippen LogP contribution in [-0.2, 0) is 30.3 Å². The number of rotatable bonds is 7. The van der Waals surface area contributed by atoms with Crippen LogP contribution in [0.4, 0.5) is 0 Å². The van der Waals surface area contributed by atoms with E-state index in [9.17, 15) is 24.3 Å². The zero-order chi connectivity index (χ0) is 20.1. The SMILES string of the molecule is CC(=O)OCC1=C(C(=O)O)N2C(=O)[C@@H](CC(=O)Cc3cccs3)[C@H]2SC12CC2. The average molecular weight is 421 g/mol. The second kappa shape index (κ2) is 7.04. The molecule has 4 rings (SSSR count). The minimum absolute atomic E-state index is 0.0162. The largest absolute Gasteiger partial charge is 0.477 e. The molecule has 1 spiro atoms. The number of ketones is 1. The molecule has 28 heavy (non-hydrogen) atoms. The van der Waals surface area contributed by atoms with Gasteiger partial charge in [0.25, 0.3) is 0 Å². The van der Waals surface area contributed by atoms with Crippen molar-refractivity contribution >= 4 is 46.7 Å². The minimum Gasteiger partial charge on any atom is -0.477 e. The van der Waals surface area contributed by atoms with Gasteiger partial charge in [0.05, 0.1) is 11.3 Å². The predicted molar refractivity (Wildman–Crippen MR) is 103 cm³/mol. The van der Waals surface area contributed by atoms with Crippen LogP contribution in [0.5, 0.6) is 0 Å². The number of carbonyl (C=O) groups is 4. The normalized spacial score (nSPS) is 24.6. The van der Waals surface area contributed by atoms with Crippen molar-refractivity contribution in [2.45, 2.75) is 42.7 Å². The van der Waals surface area contributed by atoms with E-state index < -0.39 is 22.6 Å². The first-order chi connectivity index (χ1) is 13.3. The van der Waals surface area contributed by atoms with E-state index in [4.69, 9.17) is 4.74 Å². The monoisotopic (exact) mass is 421 g/mol. The number of nitrogens with zero attached hydrogens (tertiary/aromatic N) is 1. The molecule has 1 N–H and O–H groups in total. The van der Waals surface area contributed by atoms with E-state index in [1.54, 1.807) is 0 Å². The second-order valence-corrected chi connectivity index (χ2v) is 9.76. The Bertz CT molecular complexity index is 886. The molecule has 148 valence electrons. The Morgan fingerprint density at radius 2 is 2.11 bits per heavy atom. The highest BCUT2D eigenvalue weighted by atomic mass is 32.2. The summed E-state index contributed by atoms with van der Waals surface area (Å²) in [5.74, 6) is -2.55. The molecule has 2 atom stereocenters. The smallest absolute Gasteiger partial charge is 0.352 e. The third kappa shape index (κ3) is 3.26. The summed E-state index contributed by atoms with van der Waals surface area (Å²) < 4.78 is 4.66. The molecule has 1 aromatic rings. The number of carboxylic acids is 1. The standard InChI is InChI=1S/C19H19NO6S2/c1-10(21)26-9-14-15(18(24)25)20-16(23)13(17(20)28-19(14)4-5-19)8-11(22)7-12-3-2-6-27-12/h2-3,6,13,17H,4-5,7-9H2,1H3,(H,24,25)/t13-,17-/m1/s1. The molecule has 1 amide bonds. The van der Waals surface area contributed by atoms with Crippen LogP contribution in [0.3, 0.4) is 0 Å². The number of hydrogen-bond donors (Lipinski definition) is 1. The van der Waals surface area contributed by atoms with Crippen molar-refractivity contribution in [1.82, 2.24) is 4.90 Å². The lowest BCUT2D eigenvalue weighted by Gasteiger charge is -2.51. The number of esters is 1. The summed E-state index contributed by atoms with van der Waals surface area (Å²) in [6.07, 6.45) is 1.97. The Labute approximate surface area is 169 Å². The summed E-state index contributed by atoms with van der Waals surface area (Å²) in [6, 6.07) is 3.77. The predicted octanol–water partition coefficient (Wildman–Crippen LogP) is 2.22. The maximum Gasteiger partial charge on any atom is 0.352 e. The third-order valence-corrected chi connectivity index (χ3v) is 8.07. The van der Waals surface area contributed by atoms with Gasteiger partial charge >= 0.3 is 11.9 Å². The first-order valence-electron chi connectivity index (χ1n) is 8.97. The minimum atomic E-state index is -1.20. The van der Waals surface area contributed by atoms with Crippen molar-refractivity contribution < 1.29 is 29.0 Å². The number of amides is 1. The van der Waals surface area contributed by atoms with Crippen LogP contribution in [-0.4, -0.2) is 50.4 Å². The van der Waals surface area contributed by atoms with E-state index in [1.165, 1.54) is 34.9 Å². The molecule has 0 bridgehead atoms. The maximum atomic E-state index is 12.7. The molecule has 3 aliphatic rings. The number of Topliss-reactive ketones (excluding diaryl/α,β-unsaturated/α-hetero) is 1. The number of carboxylic acid groups (broad SMARTS) is 1.